The van der Waals surface area contributed by atoms with Crippen molar-refractivity contribution < 1.29 is 14.3 Å². The van der Waals surface area contributed by atoms with Gasteiger partial charge >= 0.3 is 5.97 Å². The van der Waals surface area contributed by atoms with Crippen LogP contribution in [0.1, 0.15) is 6.92 Å². The zero-order valence-corrected chi connectivity index (χ0v) is 16.2. The largest absolute Gasteiger partial charge is 0.451 e. The molecule has 1 atom stereocenters. The fraction of sp³-hybridized carbons (Fsp3) is 0.167. The van der Waals surface area contributed by atoms with Gasteiger partial charge in [0.1, 0.15) is 0 Å². The minimum absolute atomic E-state index is 0.205. The van der Waals surface area contributed by atoms with Gasteiger partial charge in [0.25, 0.3) is 5.91 Å². The lowest BCUT2D eigenvalue weighted by Gasteiger charge is -2.14. The number of carbonyl (C=O) groups is 2. The molecule has 0 saturated heterocycles. The Morgan fingerprint density at radius 3 is 2.64 bits per heavy atom. The number of anilines is 1. The van der Waals surface area contributed by atoms with Gasteiger partial charge < -0.3 is 10.1 Å². The minimum Gasteiger partial charge on any atom is -0.451 e. The molecule has 0 aliphatic carbocycles. The monoisotopic (exact) mass is 419 g/mol. The molecule has 10 heteroatoms. The van der Waals surface area contributed by atoms with Gasteiger partial charge in [0, 0.05) is 5.56 Å². The number of hydrogen-bond acceptors (Lipinski definition) is 6. The van der Waals surface area contributed by atoms with Crippen LogP contribution in [0.15, 0.2) is 48.5 Å². The number of tetrazole rings is 1. The number of nitrogens with zero attached hydrogens (tertiary/aromatic N) is 4. The van der Waals surface area contributed by atoms with E-state index in [1.54, 1.807) is 18.2 Å². The molecule has 0 radical (unpaired) electrons. The van der Waals surface area contributed by atoms with Crippen LogP contribution in [0.3, 0.4) is 0 Å². The first-order valence-corrected chi connectivity index (χ1v) is 8.97. The third-order valence-electron chi connectivity index (χ3n) is 3.64. The Morgan fingerprint density at radius 2 is 1.89 bits per heavy atom. The number of halogens is 2. The fourth-order valence-electron chi connectivity index (χ4n) is 2.25. The first kappa shape index (κ1) is 19.8. The average Bonchev–Trinajstić information content (AvgIpc) is 3.14. The third-order valence-corrected chi connectivity index (χ3v) is 4.46. The van der Waals surface area contributed by atoms with Gasteiger partial charge in [-0.2, -0.15) is 4.80 Å². The quantitative estimate of drug-likeness (QED) is 0.615. The molecule has 0 aliphatic heterocycles. The average molecular weight is 420 g/mol. The van der Waals surface area contributed by atoms with Crippen LogP contribution < -0.4 is 5.32 Å². The van der Waals surface area contributed by atoms with E-state index < -0.39 is 18.0 Å². The Labute approximate surface area is 170 Å². The molecule has 1 N–H and O–H groups in total. The smallest absolute Gasteiger partial charge is 0.330 e. The predicted octanol–water partition coefficient (Wildman–Crippen LogP) is 3.22. The molecule has 3 rings (SSSR count). The molecule has 1 amide bonds. The van der Waals surface area contributed by atoms with Crippen molar-refractivity contribution in [1.82, 2.24) is 20.2 Å². The van der Waals surface area contributed by atoms with E-state index in [1.807, 2.05) is 30.3 Å². The highest BCUT2D eigenvalue weighted by Gasteiger charge is 2.20. The summed E-state index contributed by atoms with van der Waals surface area (Å²) in [6.07, 6.45) is -1.06. The first-order valence-electron chi connectivity index (χ1n) is 8.21. The van der Waals surface area contributed by atoms with Gasteiger partial charge in [-0.05, 0) is 24.3 Å². The van der Waals surface area contributed by atoms with Gasteiger partial charge in [0.15, 0.2) is 12.6 Å². The van der Waals surface area contributed by atoms with Gasteiger partial charge in [0.05, 0.1) is 15.7 Å². The topological polar surface area (TPSA) is 99.0 Å². The molecule has 1 aromatic heterocycles. The van der Waals surface area contributed by atoms with Gasteiger partial charge in [0.2, 0.25) is 5.82 Å². The van der Waals surface area contributed by atoms with Crippen LogP contribution in [0.2, 0.25) is 10.0 Å². The summed E-state index contributed by atoms with van der Waals surface area (Å²) >= 11 is 11.9. The molecule has 2 aromatic carbocycles. The highest BCUT2D eigenvalue weighted by molar-refractivity contribution is 6.44. The molecule has 28 heavy (non-hydrogen) atoms. The number of amides is 1. The zero-order valence-electron chi connectivity index (χ0n) is 14.7. The second-order valence-corrected chi connectivity index (χ2v) is 6.52. The summed E-state index contributed by atoms with van der Waals surface area (Å²) in [7, 11) is 0. The van der Waals surface area contributed by atoms with Crippen LogP contribution in [-0.4, -0.2) is 38.2 Å². The maximum atomic E-state index is 12.2. The molecule has 0 saturated carbocycles. The van der Waals surface area contributed by atoms with Crippen molar-refractivity contribution >= 4 is 40.8 Å². The Balaban J connectivity index is 1.56. The van der Waals surface area contributed by atoms with Crippen molar-refractivity contribution in [2.75, 3.05) is 5.32 Å². The number of aromatic nitrogens is 4. The number of ether oxygens (including phenoxy) is 1. The van der Waals surface area contributed by atoms with Crippen molar-refractivity contribution in [3.63, 3.8) is 0 Å². The molecular weight excluding hydrogens is 405 g/mol. The SMILES string of the molecule is C[C@@H](OC(=O)Cn1nnc(-c2ccccc2)n1)C(=O)Nc1cccc(Cl)c1Cl. The standard InChI is InChI=1S/C18H15Cl2N5O3/c1-11(18(27)21-14-9-5-8-13(19)16(14)20)28-15(26)10-25-23-17(22-24-25)12-6-3-2-4-7-12/h2-9,11H,10H2,1H3,(H,21,27)/t11-/m1/s1. The Bertz CT molecular complexity index is 994. The fourth-order valence-corrected chi connectivity index (χ4v) is 2.60. The Hall–Kier alpha value is -2.97. The van der Waals surface area contributed by atoms with Crippen molar-refractivity contribution in [2.24, 2.45) is 0 Å². The summed E-state index contributed by atoms with van der Waals surface area (Å²) in [6, 6.07) is 14.0. The summed E-state index contributed by atoms with van der Waals surface area (Å²) in [6.45, 7) is 1.16. The van der Waals surface area contributed by atoms with Gasteiger partial charge in [-0.15, -0.1) is 10.2 Å². The predicted molar refractivity (Wildman–Crippen MR) is 104 cm³/mol. The van der Waals surface area contributed by atoms with Crippen molar-refractivity contribution in [3.8, 4) is 11.4 Å². The number of carbonyl (C=O) groups excluding carboxylic acids is 2. The first-order chi connectivity index (χ1) is 13.4. The highest BCUT2D eigenvalue weighted by Crippen LogP contribution is 2.29. The lowest BCUT2D eigenvalue weighted by Crippen LogP contribution is -2.31. The second kappa shape index (κ2) is 8.81. The summed E-state index contributed by atoms with van der Waals surface area (Å²) < 4.78 is 5.12. The van der Waals surface area contributed by atoms with Crippen LogP contribution in [0.25, 0.3) is 11.4 Å². The Kier molecular flexibility index (Phi) is 6.23. The van der Waals surface area contributed by atoms with E-state index >= 15 is 0 Å². The van der Waals surface area contributed by atoms with Crippen LogP contribution in [0.4, 0.5) is 5.69 Å². The van der Waals surface area contributed by atoms with E-state index in [1.165, 1.54) is 6.92 Å². The molecule has 3 aromatic rings. The summed E-state index contributed by atoms with van der Waals surface area (Å²) in [4.78, 5) is 25.4. The highest BCUT2D eigenvalue weighted by atomic mass is 35.5. The molecule has 8 nitrogen and oxygen atoms in total. The van der Waals surface area contributed by atoms with Crippen molar-refractivity contribution in [1.29, 1.82) is 0 Å². The van der Waals surface area contributed by atoms with E-state index in [0.29, 0.717) is 16.5 Å². The van der Waals surface area contributed by atoms with Crippen LogP contribution in [-0.2, 0) is 20.9 Å². The Morgan fingerprint density at radius 1 is 1.14 bits per heavy atom. The molecule has 0 fully saturated rings. The number of hydrogen-bond donors (Lipinski definition) is 1. The third kappa shape index (κ3) is 4.85. The van der Waals surface area contributed by atoms with E-state index in [4.69, 9.17) is 27.9 Å². The maximum Gasteiger partial charge on any atom is 0.330 e. The summed E-state index contributed by atoms with van der Waals surface area (Å²) in [5, 5.41) is 14.9. The number of rotatable bonds is 6. The van der Waals surface area contributed by atoms with E-state index in [2.05, 4.69) is 20.7 Å². The number of esters is 1. The van der Waals surface area contributed by atoms with E-state index in [0.717, 1.165) is 10.4 Å². The molecule has 144 valence electrons. The molecule has 0 unspecified atom stereocenters. The van der Waals surface area contributed by atoms with Gasteiger partial charge in [-0.1, -0.05) is 59.6 Å². The number of nitrogens with one attached hydrogen (secondary N) is 1. The lowest BCUT2D eigenvalue weighted by atomic mass is 10.2. The van der Waals surface area contributed by atoms with E-state index in [9.17, 15) is 9.59 Å². The summed E-state index contributed by atoms with van der Waals surface area (Å²) in [5.74, 6) is -0.847. The molecule has 0 aliphatic rings. The minimum atomic E-state index is -1.06. The normalized spacial score (nSPS) is 11.7. The summed E-state index contributed by atoms with van der Waals surface area (Å²) in [5.41, 5.74) is 1.10. The van der Waals surface area contributed by atoms with Crippen LogP contribution in [0.5, 0.6) is 0 Å². The van der Waals surface area contributed by atoms with Crippen molar-refractivity contribution in [3.05, 3.63) is 58.6 Å². The maximum absolute atomic E-state index is 12.2. The van der Waals surface area contributed by atoms with Crippen molar-refractivity contribution in [2.45, 2.75) is 19.6 Å². The van der Waals surface area contributed by atoms with E-state index in [-0.39, 0.29) is 11.6 Å². The van der Waals surface area contributed by atoms with Crippen LogP contribution in [0, 0.1) is 0 Å². The second-order valence-electron chi connectivity index (χ2n) is 5.73. The zero-order chi connectivity index (χ0) is 20.1. The van der Waals surface area contributed by atoms with Gasteiger partial charge in [-0.3, -0.25) is 4.79 Å². The lowest BCUT2D eigenvalue weighted by molar-refractivity contribution is -0.154. The van der Waals surface area contributed by atoms with Gasteiger partial charge in [-0.25, -0.2) is 4.79 Å². The molecule has 0 spiro atoms. The molecule has 0 bridgehead atoms. The molecule has 1 heterocycles. The number of benzene rings is 2. The van der Waals surface area contributed by atoms with Crippen LogP contribution >= 0.6 is 23.2 Å². The molecular formula is C18H15Cl2N5O3.